The molecule has 0 radical (unpaired) electrons. The minimum absolute atomic E-state index is 0.0750. The fraction of sp³-hybridized carbons (Fsp3) is 0.500. The smallest absolute Gasteiger partial charge is 0.320 e. The Hall–Kier alpha value is -1.07. The molecule has 0 bridgehead atoms. The van der Waals surface area contributed by atoms with Crippen molar-refractivity contribution < 1.29 is 14.3 Å². The fourth-order valence-electron chi connectivity index (χ4n) is 2.65. The molecule has 0 aromatic heterocycles. The predicted molar refractivity (Wildman–Crippen MR) is 74.0 cm³/mol. The molecule has 1 saturated heterocycles. The van der Waals surface area contributed by atoms with E-state index in [1.807, 2.05) is 24.1 Å². The third-order valence-electron chi connectivity index (χ3n) is 3.73. The Kier molecular flexibility index (Phi) is 4.47. The quantitative estimate of drug-likeness (QED) is 0.862. The maximum atomic E-state index is 13.8. The highest BCUT2D eigenvalue weighted by Crippen LogP contribution is 2.31. The minimum atomic E-state index is -0.787. The third kappa shape index (κ3) is 2.92. The van der Waals surface area contributed by atoms with Crippen molar-refractivity contribution in [2.24, 2.45) is 0 Å². The largest absolute Gasteiger partial charge is 0.480 e. The van der Waals surface area contributed by atoms with Gasteiger partial charge in [0.2, 0.25) is 0 Å². The number of carbonyl (C=O) groups is 1. The summed E-state index contributed by atoms with van der Waals surface area (Å²) in [7, 11) is 0. The highest BCUT2D eigenvalue weighted by atomic mass is 32.2. The van der Waals surface area contributed by atoms with Crippen molar-refractivity contribution in [3.05, 3.63) is 29.6 Å². The van der Waals surface area contributed by atoms with Crippen LogP contribution in [0.3, 0.4) is 0 Å². The van der Waals surface area contributed by atoms with Gasteiger partial charge < -0.3 is 5.11 Å². The van der Waals surface area contributed by atoms with Gasteiger partial charge in [0, 0.05) is 10.9 Å². The molecule has 1 aromatic rings. The number of thioether (sulfide) groups is 1. The Morgan fingerprint density at radius 2 is 2.32 bits per heavy atom. The van der Waals surface area contributed by atoms with Gasteiger partial charge in [-0.1, -0.05) is 6.07 Å². The maximum Gasteiger partial charge on any atom is 0.320 e. The Labute approximate surface area is 116 Å². The van der Waals surface area contributed by atoms with Gasteiger partial charge in [0.05, 0.1) is 0 Å². The minimum Gasteiger partial charge on any atom is -0.480 e. The number of carboxylic acids is 1. The summed E-state index contributed by atoms with van der Waals surface area (Å²) in [4.78, 5) is 13.8. The van der Waals surface area contributed by atoms with Crippen molar-refractivity contribution in [3.8, 4) is 0 Å². The molecule has 1 fully saturated rings. The Morgan fingerprint density at radius 3 is 2.89 bits per heavy atom. The van der Waals surface area contributed by atoms with Crippen LogP contribution in [0.1, 0.15) is 31.4 Å². The molecule has 1 heterocycles. The van der Waals surface area contributed by atoms with Crippen molar-refractivity contribution in [1.82, 2.24) is 4.90 Å². The van der Waals surface area contributed by atoms with E-state index < -0.39 is 12.0 Å². The maximum absolute atomic E-state index is 13.8. The average molecular weight is 283 g/mol. The Balaban J connectivity index is 2.21. The molecule has 0 spiro atoms. The monoisotopic (exact) mass is 283 g/mol. The van der Waals surface area contributed by atoms with Gasteiger partial charge in [0.1, 0.15) is 11.9 Å². The van der Waals surface area contributed by atoms with E-state index in [0.29, 0.717) is 11.3 Å². The highest BCUT2D eigenvalue weighted by Gasteiger charge is 2.34. The number of aliphatic carboxylic acids is 1. The molecule has 1 N–H and O–H groups in total. The highest BCUT2D eigenvalue weighted by molar-refractivity contribution is 7.98. The normalized spacial score (nSPS) is 21.5. The summed E-state index contributed by atoms with van der Waals surface area (Å²) in [6, 6.07) is 4.65. The molecule has 3 nitrogen and oxygen atoms in total. The van der Waals surface area contributed by atoms with Crippen LogP contribution in [0.15, 0.2) is 23.1 Å². The number of likely N-dealkylation sites (tertiary alicyclic amines) is 1. The van der Waals surface area contributed by atoms with E-state index >= 15 is 0 Å². The van der Waals surface area contributed by atoms with Crippen LogP contribution in [0.25, 0.3) is 0 Å². The van der Waals surface area contributed by atoms with E-state index in [1.165, 1.54) is 17.8 Å². The first-order valence-electron chi connectivity index (χ1n) is 6.36. The topological polar surface area (TPSA) is 40.5 Å². The van der Waals surface area contributed by atoms with Gasteiger partial charge in [-0.15, -0.1) is 11.8 Å². The molecule has 19 heavy (non-hydrogen) atoms. The van der Waals surface area contributed by atoms with Crippen molar-refractivity contribution in [2.75, 3.05) is 12.8 Å². The van der Waals surface area contributed by atoms with E-state index in [4.69, 9.17) is 0 Å². The van der Waals surface area contributed by atoms with Gasteiger partial charge in [0.25, 0.3) is 0 Å². The lowest BCUT2D eigenvalue weighted by molar-refractivity contribution is -0.142. The van der Waals surface area contributed by atoms with Gasteiger partial charge in [-0.25, -0.2) is 4.39 Å². The van der Waals surface area contributed by atoms with E-state index in [1.54, 1.807) is 6.07 Å². The molecule has 1 aliphatic rings. The summed E-state index contributed by atoms with van der Waals surface area (Å²) in [5.41, 5.74) is 0.837. The first-order valence-corrected chi connectivity index (χ1v) is 7.59. The summed E-state index contributed by atoms with van der Waals surface area (Å²) >= 11 is 1.37. The van der Waals surface area contributed by atoms with Crippen LogP contribution >= 0.6 is 11.8 Å². The Morgan fingerprint density at radius 1 is 1.58 bits per heavy atom. The molecule has 1 aromatic carbocycles. The number of hydrogen-bond acceptors (Lipinski definition) is 3. The molecule has 2 rings (SSSR count). The number of rotatable bonds is 4. The second-order valence-corrected chi connectivity index (χ2v) is 5.65. The summed E-state index contributed by atoms with van der Waals surface area (Å²) in [6.07, 6.45) is 3.39. The molecule has 5 heteroatoms. The van der Waals surface area contributed by atoms with Crippen LogP contribution in [-0.2, 0) is 4.79 Å². The summed E-state index contributed by atoms with van der Waals surface area (Å²) in [5, 5.41) is 9.20. The molecule has 1 unspecified atom stereocenters. The summed E-state index contributed by atoms with van der Waals surface area (Å²) in [6.45, 7) is 2.69. The van der Waals surface area contributed by atoms with Gasteiger partial charge in [-0.05, 0) is 50.3 Å². The van der Waals surface area contributed by atoms with Gasteiger partial charge in [0.15, 0.2) is 0 Å². The van der Waals surface area contributed by atoms with E-state index in [-0.39, 0.29) is 11.9 Å². The first-order chi connectivity index (χ1) is 9.04. The molecular formula is C14H18FNO2S. The van der Waals surface area contributed by atoms with Crippen molar-refractivity contribution in [3.63, 3.8) is 0 Å². The summed E-state index contributed by atoms with van der Waals surface area (Å²) in [5.74, 6) is -1.02. The van der Waals surface area contributed by atoms with E-state index in [2.05, 4.69) is 0 Å². The number of benzene rings is 1. The van der Waals surface area contributed by atoms with Gasteiger partial charge >= 0.3 is 5.97 Å². The van der Waals surface area contributed by atoms with Crippen LogP contribution in [0.5, 0.6) is 0 Å². The van der Waals surface area contributed by atoms with E-state index in [0.717, 1.165) is 18.5 Å². The number of carboxylic acid groups (broad SMARTS) is 1. The standard InChI is InChI=1S/C14H18FNO2S/c1-9(16-7-3-4-12(16)14(17)18)10-5-6-13(19-2)11(15)8-10/h5-6,8-9,12H,3-4,7H2,1-2H3,(H,17,18)/t9?,12-/m1/s1. The number of hydrogen-bond donors (Lipinski definition) is 1. The number of nitrogens with zero attached hydrogens (tertiary/aromatic N) is 1. The SMILES string of the molecule is CSc1ccc(C(C)N2CCC[C@@H]2C(=O)O)cc1F. The molecule has 0 saturated carbocycles. The zero-order valence-electron chi connectivity index (χ0n) is 11.1. The van der Waals surface area contributed by atoms with Crippen molar-refractivity contribution in [1.29, 1.82) is 0 Å². The fourth-order valence-corrected chi connectivity index (χ4v) is 3.11. The van der Waals surface area contributed by atoms with Crippen LogP contribution in [0, 0.1) is 5.82 Å². The van der Waals surface area contributed by atoms with E-state index in [9.17, 15) is 14.3 Å². The third-order valence-corrected chi connectivity index (χ3v) is 4.51. The Bertz CT molecular complexity index is 481. The lowest BCUT2D eigenvalue weighted by atomic mass is 10.1. The van der Waals surface area contributed by atoms with Crippen LogP contribution in [0.4, 0.5) is 4.39 Å². The van der Waals surface area contributed by atoms with Crippen molar-refractivity contribution in [2.45, 2.75) is 36.7 Å². The number of halogens is 1. The van der Waals surface area contributed by atoms with Gasteiger partial charge in [-0.2, -0.15) is 0 Å². The zero-order valence-corrected chi connectivity index (χ0v) is 11.9. The lowest BCUT2D eigenvalue weighted by Crippen LogP contribution is -2.37. The van der Waals surface area contributed by atoms with Crippen molar-refractivity contribution >= 4 is 17.7 Å². The molecule has 2 atom stereocenters. The lowest BCUT2D eigenvalue weighted by Gasteiger charge is -2.28. The molecular weight excluding hydrogens is 265 g/mol. The predicted octanol–water partition coefficient (Wildman–Crippen LogP) is 3.16. The van der Waals surface area contributed by atoms with Gasteiger partial charge in [-0.3, -0.25) is 9.69 Å². The van der Waals surface area contributed by atoms with Crippen LogP contribution in [-0.4, -0.2) is 34.8 Å². The second-order valence-electron chi connectivity index (χ2n) is 4.80. The zero-order chi connectivity index (χ0) is 14.0. The molecule has 1 aliphatic heterocycles. The molecule has 104 valence electrons. The summed E-state index contributed by atoms with van der Waals surface area (Å²) < 4.78 is 13.8. The molecule has 0 amide bonds. The average Bonchev–Trinajstić information content (AvgIpc) is 2.87. The molecule has 0 aliphatic carbocycles. The van der Waals surface area contributed by atoms with Crippen LogP contribution in [0.2, 0.25) is 0 Å². The first kappa shape index (κ1) is 14.3. The van der Waals surface area contributed by atoms with Crippen LogP contribution < -0.4 is 0 Å². The second kappa shape index (κ2) is 5.92.